The van der Waals surface area contributed by atoms with E-state index in [1.54, 1.807) is 24.3 Å². The molecule has 0 bridgehead atoms. The lowest BCUT2D eigenvalue weighted by atomic mass is 10.1. The van der Waals surface area contributed by atoms with Gasteiger partial charge in [0.2, 0.25) is 5.91 Å². The second-order valence-electron chi connectivity index (χ2n) is 7.10. The Hall–Kier alpha value is -2.86. The van der Waals surface area contributed by atoms with Gasteiger partial charge in [-0.3, -0.25) is 9.59 Å². The number of hydrogen-bond donors (Lipinski definition) is 2. The Labute approximate surface area is 167 Å². The van der Waals surface area contributed by atoms with Crippen LogP contribution >= 0.6 is 11.6 Å². The highest BCUT2D eigenvalue weighted by molar-refractivity contribution is 6.31. The van der Waals surface area contributed by atoms with Gasteiger partial charge in [-0.25, -0.2) is 4.98 Å². The van der Waals surface area contributed by atoms with Crippen LogP contribution in [0.2, 0.25) is 5.02 Å². The molecule has 28 heavy (non-hydrogen) atoms. The molecule has 1 aliphatic rings. The predicted octanol–water partition coefficient (Wildman–Crippen LogP) is 3.94. The van der Waals surface area contributed by atoms with E-state index in [-0.39, 0.29) is 18.2 Å². The van der Waals surface area contributed by atoms with E-state index in [0.29, 0.717) is 22.1 Å². The number of aromatic nitrogens is 2. The highest BCUT2D eigenvalue weighted by Crippen LogP contribution is 2.20. The Morgan fingerprint density at radius 2 is 1.96 bits per heavy atom. The predicted molar refractivity (Wildman–Crippen MR) is 110 cm³/mol. The first-order chi connectivity index (χ1) is 13.5. The SMILES string of the molecule is Cc1cc(NC(=O)Cc2nc3ccc(Cl)cc3[nH]2)ccc1C(=O)N1CCCC1. The summed E-state index contributed by atoms with van der Waals surface area (Å²) in [5.74, 6) is 0.462. The number of carbonyl (C=O) groups is 2. The molecule has 0 unspecified atom stereocenters. The number of amides is 2. The molecular weight excluding hydrogens is 376 g/mol. The minimum atomic E-state index is -0.178. The highest BCUT2D eigenvalue weighted by Gasteiger charge is 2.21. The van der Waals surface area contributed by atoms with Crippen LogP contribution in [0.5, 0.6) is 0 Å². The molecule has 6 nitrogen and oxygen atoms in total. The number of aromatic amines is 1. The van der Waals surface area contributed by atoms with Crippen LogP contribution in [0.25, 0.3) is 11.0 Å². The average molecular weight is 397 g/mol. The van der Waals surface area contributed by atoms with Crippen LogP contribution in [0.4, 0.5) is 5.69 Å². The summed E-state index contributed by atoms with van der Waals surface area (Å²) >= 11 is 5.98. The van der Waals surface area contributed by atoms with Crippen molar-refractivity contribution in [3.05, 3.63) is 58.4 Å². The van der Waals surface area contributed by atoms with Gasteiger partial charge < -0.3 is 15.2 Å². The third-order valence-electron chi connectivity index (χ3n) is 4.95. The summed E-state index contributed by atoms with van der Waals surface area (Å²) in [5.41, 5.74) is 3.78. The van der Waals surface area contributed by atoms with E-state index in [0.717, 1.165) is 42.5 Å². The molecule has 1 aliphatic heterocycles. The van der Waals surface area contributed by atoms with Crippen molar-refractivity contribution in [1.29, 1.82) is 0 Å². The van der Waals surface area contributed by atoms with Gasteiger partial charge in [-0.05, 0) is 61.7 Å². The molecule has 2 N–H and O–H groups in total. The van der Waals surface area contributed by atoms with Gasteiger partial charge in [-0.1, -0.05) is 11.6 Å². The Balaban J connectivity index is 1.43. The fourth-order valence-electron chi connectivity index (χ4n) is 3.55. The first kappa shape index (κ1) is 18.5. The number of benzene rings is 2. The minimum Gasteiger partial charge on any atom is -0.342 e. The van der Waals surface area contributed by atoms with Gasteiger partial charge in [-0.15, -0.1) is 0 Å². The fourth-order valence-corrected chi connectivity index (χ4v) is 3.72. The Morgan fingerprint density at radius 3 is 2.71 bits per heavy atom. The number of hydrogen-bond acceptors (Lipinski definition) is 3. The van der Waals surface area contributed by atoms with Gasteiger partial charge in [0.15, 0.2) is 0 Å². The third-order valence-corrected chi connectivity index (χ3v) is 5.19. The number of fused-ring (bicyclic) bond motifs is 1. The van der Waals surface area contributed by atoms with E-state index in [4.69, 9.17) is 11.6 Å². The molecule has 1 aromatic heterocycles. The molecule has 4 rings (SSSR count). The summed E-state index contributed by atoms with van der Waals surface area (Å²) in [6, 6.07) is 10.8. The van der Waals surface area contributed by atoms with Crippen molar-refractivity contribution in [2.45, 2.75) is 26.2 Å². The monoisotopic (exact) mass is 396 g/mol. The largest absolute Gasteiger partial charge is 0.342 e. The molecule has 1 saturated heterocycles. The van der Waals surface area contributed by atoms with Crippen molar-refractivity contribution in [3.63, 3.8) is 0 Å². The van der Waals surface area contributed by atoms with Crippen molar-refractivity contribution in [2.75, 3.05) is 18.4 Å². The molecule has 3 aromatic rings. The van der Waals surface area contributed by atoms with Crippen LogP contribution in [0.15, 0.2) is 36.4 Å². The second-order valence-corrected chi connectivity index (χ2v) is 7.54. The first-order valence-corrected chi connectivity index (χ1v) is 9.71. The molecule has 0 spiro atoms. The van der Waals surface area contributed by atoms with E-state index in [9.17, 15) is 9.59 Å². The van der Waals surface area contributed by atoms with Crippen LogP contribution in [0.1, 0.15) is 34.6 Å². The van der Waals surface area contributed by atoms with E-state index in [1.807, 2.05) is 24.0 Å². The zero-order valence-corrected chi connectivity index (χ0v) is 16.3. The van der Waals surface area contributed by atoms with Crippen molar-refractivity contribution in [2.24, 2.45) is 0 Å². The smallest absolute Gasteiger partial charge is 0.254 e. The van der Waals surface area contributed by atoms with E-state index in [1.165, 1.54) is 0 Å². The maximum absolute atomic E-state index is 12.6. The molecule has 0 aliphatic carbocycles. The van der Waals surface area contributed by atoms with Crippen LogP contribution in [0.3, 0.4) is 0 Å². The normalized spacial score (nSPS) is 13.9. The van der Waals surface area contributed by atoms with Crippen LogP contribution < -0.4 is 5.32 Å². The topological polar surface area (TPSA) is 78.1 Å². The summed E-state index contributed by atoms with van der Waals surface area (Å²) in [5, 5.41) is 3.49. The maximum Gasteiger partial charge on any atom is 0.254 e. The summed E-state index contributed by atoms with van der Waals surface area (Å²) in [6.07, 6.45) is 2.25. The number of nitrogens with zero attached hydrogens (tertiary/aromatic N) is 2. The van der Waals surface area contributed by atoms with Crippen molar-refractivity contribution in [3.8, 4) is 0 Å². The maximum atomic E-state index is 12.6. The number of imidazole rings is 1. The van der Waals surface area contributed by atoms with E-state index < -0.39 is 0 Å². The lowest BCUT2D eigenvalue weighted by molar-refractivity contribution is -0.115. The van der Waals surface area contributed by atoms with E-state index >= 15 is 0 Å². The minimum absolute atomic E-state index is 0.0637. The Kier molecular flexibility index (Phi) is 5.05. The third kappa shape index (κ3) is 3.87. The number of H-pyrrole nitrogens is 1. The van der Waals surface area contributed by atoms with Crippen LogP contribution in [0, 0.1) is 6.92 Å². The van der Waals surface area contributed by atoms with Gasteiger partial charge in [0.05, 0.1) is 17.5 Å². The van der Waals surface area contributed by atoms with Gasteiger partial charge in [0, 0.05) is 29.4 Å². The number of halogens is 1. The standard InChI is InChI=1S/C21H21ClN4O2/c1-13-10-15(5-6-16(13)21(28)26-8-2-3-9-26)23-20(27)12-19-24-17-7-4-14(22)11-18(17)25-19/h4-7,10-11H,2-3,8-9,12H2,1H3,(H,23,27)(H,24,25). The summed E-state index contributed by atoms with van der Waals surface area (Å²) < 4.78 is 0. The van der Waals surface area contributed by atoms with Gasteiger partial charge in [0.1, 0.15) is 5.82 Å². The lowest BCUT2D eigenvalue weighted by Gasteiger charge is -2.17. The van der Waals surface area contributed by atoms with Gasteiger partial charge in [-0.2, -0.15) is 0 Å². The molecule has 0 radical (unpaired) electrons. The zero-order valence-electron chi connectivity index (χ0n) is 15.6. The lowest BCUT2D eigenvalue weighted by Crippen LogP contribution is -2.28. The van der Waals surface area contributed by atoms with Crippen molar-refractivity contribution in [1.82, 2.24) is 14.9 Å². The number of carbonyl (C=O) groups excluding carboxylic acids is 2. The molecular formula is C21H21ClN4O2. The second kappa shape index (κ2) is 7.64. The fraction of sp³-hybridized carbons (Fsp3) is 0.286. The molecule has 1 fully saturated rings. The molecule has 0 atom stereocenters. The molecule has 7 heteroatoms. The summed E-state index contributed by atoms with van der Waals surface area (Å²) in [4.78, 5) is 34.4. The molecule has 0 saturated carbocycles. The van der Waals surface area contributed by atoms with Crippen LogP contribution in [-0.4, -0.2) is 39.8 Å². The van der Waals surface area contributed by atoms with Gasteiger partial charge in [0.25, 0.3) is 5.91 Å². The van der Waals surface area contributed by atoms with E-state index in [2.05, 4.69) is 15.3 Å². The Bertz CT molecular complexity index is 1050. The molecule has 2 aromatic carbocycles. The number of likely N-dealkylation sites (tertiary alicyclic amines) is 1. The molecule has 144 valence electrons. The molecule has 2 heterocycles. The quantitative estimate of drug-likeness (QED) is 0.701. The highest BCUT2D eigenvalue weighted by atomic mass is 35.5. The molecule has 2 amide bonds. The van der Waals surface area contributed by atoms with Crippen molar-refractivity contribution >= 4 is 40.1 Å². The zero-order chi connectivity index (χ0) is 19.7. The summed E-state index contributed by atoms with van der Waals surface area (Å²) in [6.45, 7) is 3.53. The number of nitrogens with one attached hydrogen (secondary N) is 2. The number of aryl methyl sites for hydroxylation is 1. The summed E-state index contributed by atoms with van der Waals surface area (Å²) in [7, 11) is 0. The van der Waals surface area contributed by atoms with Crippen LogP contribution in [-0.2, 0) is 11.2 Å². The Morgan fingerprint density at radius 1 is 1.18 bits per heavy atom. The number of anilines is 1. The van der Waals surface area contributed by atoms with Crippen molar-refractivity contribution < 1.29 is 9.59 Å². The van der Waals surface area contributed by atoms with Gasteiger partial charge >= 0.3 is 0 Å². The average Bonchev–Trinajstić information content (AvgIpc) is 3.30. The number of rotatable bonds is 4. The first-order valence-electron chi connectivity index (χ1n) is 9.33.